The van der Waals surface area contributed by atoms with E-state index in [0.29, 0.717) is 6.04 Å². The van der Waals surface area contributed by atoms with Crippen molar-refractivity contribution in [2.45, 2.75) is 38.8 Å². The largest absolute Gasteiger partial charge is 0.384 e. The van der Waals surface area contributed by atoms with Gasteiger partial charge in [0, 0.05) is 32.2 Å². The van der Waals surface area contributed by atoms with Crippen molar-refractivity contribution < 1.29 is 0 Å². The third-order valence-electron chi connectivity index (χ3n) is 4.52. The Kier molecular flexibility index (Phi) is 6.07. The number of likely N-dealkylation sites (tertiary alicyclic amines) is 1. The van der Waals surface area contributed by atoms with Crippen molar-refractivity contribution in [3.8, 4) is 0 Å². The van der Waals surface area contributed by atoms with Crippen LogP contribution in [0.25, 0.3) is 0 Å². The molecule has 0 bridgehead atoms. The summed E-state index contributed by atoms with van der Waals surface area (Å²) in [4.78, 5) is 6.89. The minimum absolute atomic E-state index is 0.542. The SMILES string of the molecule is CCCNc1cncc(NC2CCN(Cc3ccccc3)CC2)c1. The van der Waals surface area contributed by atoms with Crippen molar-refractivity contribution in [3.05, 3.63) is 54.4 Å². The highest BCUT2D eigenvalue weighted by Gasteiger charge is 2.19. The zero-order valence-electron chi connectivity index (χ0n) is 14.5. The summed E-state index contributed by atoms with van der Waals surface area (Å²) < 4.78 is 0. The molecule has 4 heteroatoms. The van der Waals surface area contributed by atoms with E-state index in [-0.39, 0.29) is 0 Å². The van der Waals surface area contributed by atoms with E-state index in [4.69, 9.17) is 0 Å². The van der Waals surface area contributed by atoms with Crippen molar-refractivity contribution >= 4 is 11.4 Å². The summed E-state index contributed by atoms with van der Waals surface area (Å²) in [5, 5.41) is 7.05. The van der Waals surface area contributed by atoms with Gasteiger partial charge in [0.25, 0.3) is 0 Å². The van der Waals surface area contributed by atoms with Crippen LogP contribution in [0.15, 0.2) is 48.8 Å². The van der Waals surface area contributed by atoms with Crippen molar-refractivity contribution in [1.29, 1.82) is 0 Å². The van der Waals surface area contributed by atoms with Crippen molar-refractivity contribution in [2.75, 3.05) is 30.3 Å². The molecule has 2 aromatic rings. The van der Waals surface area contributed by atoms with Crippen LogP contribution in [-0.2, 0) is 6.54 Å². The number of aromatic nitrogens is 1. The van der Waals surface area contributed by atoms with Gasteiger partial charge >= 0.3 is 0 Å². The van der Waals surface area contributed by atoms with Gasteiger partial charge in [-0.25, -0.2) is 0 Å². The fourth-order valence-electron chi connectivity index (χ4n) is 3.20. The highest BCUT2D eigenvalue weighted by molar-refractivity contribution is 5.54. The highest BCUT2D eigenvalue weighted by atomic mass is 15.1. The first-order valence-corrected chi connectivity index (χ1v) is 9.05. The van der Waals surface area contributed by atoms with Crippen LogP contribution >= 0.6 is 0 Å². The van der Waals surface area contributed by atoms with Crippen LogP contribution in [0, 0.1) is 0 Å². The topological polar surface area (TPSA) is 40.2 Å². The maximum absolute atomic E-state index is 4.34. The molecule has 1 aliphatic rings. The number of piperidine rings is 1. The molecule has 1 aromatic heterocycles. The van der Waals surface area contributed by atoms with Crippen LogP contribution in [0.4, 0.5) is 11.4 Å². The van der Waals surface area contributed by atoms with Gasteiger partial charge in [0.2, 0.25) is 0 Å². The molecule has 24 heavy (non-hydrogen) atoms. The molecule has 0 radical (unpaired) electrons. The summed E-state index contributed by atoms with van der Waals surface area (Å²) in [5.74, 6) is 0. The lowest BCUT2D eigenvalue weighted by molar-refractivity contribution is 0.211. The fraction of sp³-hybridized carbons (Fsp3) is 0.450. The van der Waals surface area contributed by atoms with Gasteiger partial charge in [0.15, 0.2) is 0 Å². The summed E-state index contributed by atoms with van der Waals surface area (Å²) in [6.45, 7) is 6.52. The van der Waals surface area contributed by atoms with Crippen molar-refractivity contribution in [1.82, 2.24) is 9.88 Å². The van der Waals surface area contributed by atoms with Crippen LogP contribution in [0.1, 0.15) is 31.7 Å². The van der Waals surface area contributed by atoms with Gasteiger partial charge in [-0.3, -0.25) is 9.88 Å². The van der Waals surface area contributed by atoms with Crippen molar-refractivity contribution in [2.24, 2.45) is 0 Å². The summed E-state index contributed by atoms with van der Waals surface area (Å²) in [7, 11) is 0. The highest BCUT2D eigenvalue weighted by Crippen LogP contribution is 2.19. The average molecular weight is 324 g/mol. The standard InChI is InChI=1S/C20H28N4/c1-2-10-22-19-13-20(15-21-14-19)23-18-8-11-24(12-9-18)16-17-6-4-3-5-7-17/h3-7,13-15,18,22-23H,2,8-12,16H2,1H3. The molecule has 0 aliphatic carbocycles. The normalized spacial score (nSPS) is 16.0. The van der Waals surface area contributed by atoms with E-state index in [1.165, 1.54) is 18.4 Å². The lowest BCUT2D eigenvalue weighted by Crippen LogP contribution is -2.38. The number of benzene rings is 1. The van der Waals surface area contributed by atoms with Gasteiger partial charge < -0.3 is 10.6 Å². The first kappa shape index (κ1) is 16.8. The summed E-state index contributed by atoms with van der Waals surface area (Å²) >= 11 is 0. The molecule has 0 saturated carbocycles. The number of rotatable bonds is 7. The Balaban J connectivity index is 1.47. The number of nitrogens with one attached hydrogen (secondary N) is 2. The molecule has 3 rings (SSSR count). The Bertz CT molecular complexity index is 606. The number of hydrogen-bond acceptors (Lipinski definition) is 4. The van der Waals surface area contributed by atoms with Crippen LogP contribution in [0.2, 0.25) is 0 Å². The lowest BCUT2D eigenvalue weighted by atomic mass is 10.0. The second kappa shape index (κ2) is 8.69. The van der Waals surface area contributed by atoms with Gasteiger partial charge in [-0.15, -0.1) is 0 Å². The second-order valence-electron chi connectivity index (χ2n) is 6.57. The van der Waals surface area contributed by atoms with Gasteiger partial charge in [-0.05, 0) is 30.9 Å². The summed E-state index contributed by atoms with van der Waals surface area (Å²) in [6, 6.07) is 13.5. The van der Waals surface area contributed by atoms with E-state index in [1.807, 2.05) is 12.4 Å². The maximum Gasteiger partial charge on any atom is 0.0549 e. The molecular weight excluding hydrogens is 296 g/mol. The molecule has 0 amide bonds. The third kappa shape index (κ3) is 4.96. The van der Waals surface area contributed by atoms with Gasteiger partial charge in [-0.1, -0.05) is 37.3 Å². The average Bonchev–Trinajstić information content (AvgIpc) is 2.63. The molecule has 1 saturated heterocycles. The monoisotopic (exact) mass is 324 g/mol. The van der Waals surface area contributed by atoms with Crippen LogP contribution in [0.3, 0.4) is 0 Å². The summed E-state index contributed by atoms with van der Waals surface area (Å²) in [5.41, 5.74) is 3.63. The first-order chi connectivity index (χ1) is 11.8. The molecule has 1 fully saturated rings. The zero-order chi connectivity index (χ0) is 16.6. The van der Waals surface area contributed by atoms with E-state index in [2.05, 4.69) is 63.8 Å². The minimum atomic E-state index is 0.542. The molecule has 2 heterocycles. The molecule has 2 N–H and O–H groups in total. The third-order valence-corrected chi connectivity index (χ3v) is 4.52. The predicted octanol–water partition coefficient (Wildman–Crippen LogP) is 3.98. The minimum Gasteiger partial charge on any atom is -0.384 e. The number of hydrogen-bond donors (Lipinski definition) is 2. The van der Waals surface area contributed by atoms with Crippen LogP contribution in [-0.4, -0.2) is 35.6 Å². The molecule has 0 atom stereocenters. The maximum atomic E-state index is 4.34. The van der Waals surface area contributed by atoms with E-state index >= 15 is 0 Å². The number of nitrogens with zero attached hydrogens (tertiary/aromatic N) is 2. The van der Waals surface area contributed by atoms with Crippen LogP contribution in [0.5, 0.6) is 0 Å². The van der Waals surface area contributed by atoms with E-state index in [0.717, 1.165) is 44.0 Å². The summed E-state index contributed by atoms with van der Waals surface area (Å²) in [6.07, 6.45) is 7.30. The molecular formula is C20H28N4. The second-order valence-corrected chi connectivity index (χ2v) is 6.57. The van der Waals surface area contributed by atoms with E-state index in [1.54, 1.807) is 0 Å². The van der Waals surface area contributed by atoms with Gasteiger partial charge in [0.1, 0.15) is 0 Å². The predicted molar refractivity (Wildman–Crippen MR) is 101 cm³/mol. The first-order valence-electron chi connectivity index (χ1n) is 9.05. The zero-order valence-corrected chi connectivity index (χ0v) is 14.5. The molecule has 0 unspecified atom stereocenters. The Hall–Kier alpha value is -2.07. The molecule has 0 spiro atoms. The van der Waals surface area contributed by atoms with Gasteiger partial charge in [-0.2, -0.15) is 0 Å². The van der Waals surface area contributed by atoms with Crippen LogP contribution < -0.4 is 10.6 Å². The molecule has 1 aromatic carbocycles. The Morgan fingerprint density at radius 1 is 1.08 bits per heavy atom. The van der Waals surface area contributed by atoms with E-state index < -0.39 is 0 Å². The number of pyridine rings is 1. The molecule has 128 valence electrons. The Labute approximate surface area is 145 Å². The number of anilines is 2. The fourth-order valence-corrected chi connectivity index (χ4v) is 3.20. The van der Waals surface area contributed by atoms with Crippen molar-refractivity contribution in [3.63, 3.8) is 0 Å². The molecule has 4 nitrogen and oxygen atoms in total. The smallest absolute Gasteiger partial charge is 0.0549 e. The lowest BCUT2D eigenvalue weighted by Gasteiger charge is -2.32. The van der Waals surface area contributed by atoms with Gasteiger partial charge in [0.05, 0.1) is 23.8 Å². The Morgan fingerprint density at radius 2 is 1.83 bits per heavy atom. The quantitative estimate of drug-likeness (QED) is 0.808. The Morgan fingerprint density at radius 3 is 2.58 bits per heavy atom. The van der Waals surface area contributed by atoms with E-state index in [9.17, 15) is 0 Å². The molecule has 1 aliphatic heterocycles.